The van der Waals surface area contributed by atoms with E-state index in [9.17, 15) is 14.7 Å². The number of rotatable bonds is 9. The number of hydrogen-bond acceptors (Lipinski definition) is 4. The molecule has 1 spiro atoms. The first-order valence-electron chi connectivity index (χ1n) is 14.7. The van der Waals surface area contributed by atoms with E-state index in [0.717, 1.165) is 88.4 Å². The molecule has 1 atom stereocenters. The molecule has 2 aliphatic heterocycles. The summed E-state index contributed by atoms with van der Waals surface area (Å²) in [6.07, 6.45) is 11.7. The van der Waals surface area contributed by atoms with Crippen LogP contribution >= 0.6 is 0 Å². The molecule has 2 heterocycles. The average Bonchev–Trinajstić information content (AvgIpc) is 3.17. The molecule has 0 bridgehead atoms. The summed E-state index contributed by atoms with van der Waals surface area (Å²) in [4.78, 5) is 35.3. The van der Waals surface area contributed by atoms with E-state index in [1.807, 2.05) is 24.3 Å². The highest BCUT2D eigenvalue weighted by atomic mass is 16.4. The minimum Gasteiger partial charge on any atom is -0.481 e. The van der Waals surface area contributed by atoms with Gasteiger partial charge in [-0.2, -0.15) is 0 Å². The highest BCUT2D eigenvalue weighted by molar-refractivity contribution is 6.39. The van der Waals surface area contributed by atoms with Gasteiger partial charge in [-0.1, -0.05) is 71.2 Å². The SMILES string of the molecule is CCCCC(c1ccc(CC(=O)O)cc1)N1C(=O)C(N2CCCCC2)=NC12CCC(C(C)(C)CC)CC2. The van der Waals surface area contributed by atoms with Crippen LogP contribution in [0.3, 0.4) is 0 Å². The molecule has 1 unspecified atom stereocenters. The fraction of sp³-hybridized carbons (Fsp3) is 0.710. The van der Waals surface area contributed by atoms with E-state index >= 15 is 0 Å². The number of nitrogens with zero attached hydrogens (tertiary/aromatic N) is 3. The van der Waals surface area contributed by atoms with Gasteiger partial charge in [0.15, 0.2) is 5.84 Å². The number of hydrogen-bond donors (Lipinski definition) is 1. The lowest BCUT2D eigenvalue weighted by Gasteiger charge is -2.48. The van der Waals surface area contributed by atoms with Crippen LogP contribution in [0.25, 0.3) is 0 Å². The molecule has 4 rings (SSSR count). The lowest BCUT2D eigenvalue weighted by Crippen LogP contribution is -2.52. The van der Waals surface area contributed by atoms with Gasteiger partial charge in [0.25, 0.3) is 5.91 Å². The zero-order valence-corrected chi connectivity index (χ0v) is 23.5. The van der Waals surface area contributed by atoms with Crippen molar-refractivity contribution in [1.29, 1.82) is 0 Å². The van der Waals surface area contributed by atoms with Gasteiger partial charge in [-0.05, 0) is 73.8 Å². The first kappa shape index (κ1) is 27.7. The molecule has 0 radical (unpaired) electrons. The van der Waals surface area contributed by atoms with Crippen molar-refractivity contribution in [3.63, 3.8) is 0 Å². The van der Waals surface area contributed by atoms with Crippen LogP contribution in [0, 0.1) is 11.3 Å². The minimum absolute atomic E-state index is 0.0172. The van der Waals surface area contributed by atoms with Gasteiger partial charge in [0.1, 0.15) is 5.66 Å². The Bertz CT molecular complexity index is 970. The summed E-state index contributed by atoms with van der Waals surface area (Å²) in [5.41, 5.74) is 1.72. The Morgan fingerprint density at radius 1 is 1.11 bits per heavy atom. The van der Waals surface area contributed by atoms with E-state index in [4.69, 9.17) is 4.99 Å². The number of carboxylic acids is 1. The Hall–Kier alpha value is -2.37. The number of carbonyl (C=O) groups is 2. The van der Waals surface area contributed by atoms with Crippen molar-refractivity contribution in [1.82, 2.24) is 9.80 Å². The Kier molecular flexibility index (Phi) is 8.65. The first-order valence-corrected chi connectivity index (χ1v) is 14.7. The van der Waals surface area contributed by atoms with Crippen LogP contribution in [0.2, 0.25) is 0 Å². The van der Waals surface area contributed by atoms with Crippen LogP contribution in [0.1, 0.15) is 115 Å². The number of amidine groups is 1. The summed E-state index contributed by atoms with van der Waals surface area (Å²) in [7, 11) is 0. The number of carboxylic acid groups (broad SMARTS) is 1. The monoisotopic (exact) mass is 509 g/mol. The zero-order valence-electron chi connectivity index (χ0n) is 23.5. The molecule has 1 aliphatic carbocycles. The molecule has 1 saturated heterocycles. The molecule has 1 amide bonds. The van der Waals surface area contributed by atoms with E-state index in [2.05, 4.69) is 37.5 Å². The third kappa shape index (κ3) is 5.88. The van der Waals surface area contributed by atoms with Gasteiger partial charge in [0.2, 0.25) is 0 Å². The third-order valence-electron chi connectivity index (χ3n) is 9.49. The number of carbonyl (C=O) groups excluding carboxylic acids is 1. The Morgan fingerprint density at radius 2 is 1.76 bits per heavy atom. The number of amides is 1. The van der Waals surface area contributed by atoms with Crippen LogP contribution in [0.4, 0.5) is 0 Å². The van der Waals surface area contributed by atoms with Crippen molar-refractivity contribution in [2.24, 2.45) is 16.3 Å². The van der Waals surface area contributed by atoms with E-state index in [1.165, 1.54) is 6.42 Å². The van der Waals surface area contributed by atoms with Crippen molar-refractivity contribution >= 4 is 17.7 Å². The lowest BCUT2D eigenvalue weighted by molar-refractivity contribution is -0.136. The minimum atomic E-state index is -0.824. The highest BCUT2D eigenvalue weighted by Crippen LogP contribution is 2.50. The fourth-order valence-electron chi connectivity index (χ4n) is 6.72. The second-order valence-corrected chi connectivity index (χ2v) is 12.2. The highest BCUT2D eigenvalue weighted by Gasteiger charge is 2.53. The maximum atomic E-state index is 14.3. The summed E-state index contributed by atoms with van der Waals surface area (Å²) < 4.78 is 0. The topological polar surface area (TPSA) is 73.2 Å². The van der Waals surface area contributed by atoms with E-state index in [0.29, 0.717) is 17.2 Å². The Morgan fingerprint density at radius 3 is 2.32 bits per heavy atom. The Labute approximate surface area is 223 Å². The molecule has 1 aromatic rings. The molecule has 37 heavy (non-hydrogen) atoms. The van der Waals surface area contributed by atoms with Gasteiger partial charge in [0, 0.05) is 13.1 Å². The van der Waals surface area contributed by atoms with Crippen LogP contribution in [-0.2, 0) is 16.0 Å². The largest absolute Gasteiger partial charge is 0.481 e. The van der Waals surface area contributed by atoms with Crippen LogP contribution in [0.5, 0.6) is 0 Å². The molecule has 0 aromatic heterocycles. The van der Waals surface area contributed by atoms with Crippen LogP contribution in [-0.4, -0.2) is 51.4 Å². The molecular weight excluding hydrogens is 462 g/mol. The molecule has 6 nitrogen and oxygen atoms in total. The number of unbranched alkanes of at least 4 members (excludes halogenated alkanes) is 1. The van der Waals surface area contributed by atoms with E-state index < -0.39 is 11.6 Å². The fourth-order valence-corrected chi connectivity index (χ4v) is 6.72. The van der Waals surface area contributed by atoms with Gasteiger partial charge >= 0.3 is 5.97 Å². The van der Waals surface area contributed by atoms with Gasteiger partial charge < -0.3 is 14.9 Å². The molecule has 6 heteroatoms. The number of aliphatic carboxylic acids is 1. The average molecular weight is 510 g/mol. The first-order chi connectivity index (χ1) is 17.7. The van der Waals surface area contributed by atoms with Crippen molar-refractivity contribution in [3.05, 3.63) is 35.4 Å². The van der Waals surface area contributed by atoms with Crippen molar-refractivity contribution in [2.75, 3.05) is 13.1 Å². The molecule has 1 N–H and O–H groups in total. The Balaban J connectivity index is 1.69. The zero-order chi connectivity index (χ0) is 26.6. The molecular formula is C31H47N3O3. The van der Waals surface area contributed by atoms with Crippen molar-refractivity contribution in [3.8, 4) is 0 Å². The second kappa shape index (κ2) is 11.6. The number of aliphatic imine (C=N–C) groups is 1. The normalized spacial score (nSPS) is 25.5. The van der Waals surface area contributed by atoms with E-state index in [-0.39, 0.29) is 18.4 Å². The molecule has 2 fully saturated rings. The predicted octanol–water partition coefficient (Wildman–Crippen LogP) is 6.59. The van der Waals surface area contributed by atoms with Gasteiger partial charge in [-0.25, -0.2) is 4.99 Å². The number of likely N-dealkylation sites (tertiary alicyclic amines) is 1. The van der Waals surface area contributed by atoms with Gasteiger partial charge in [0.05, 0.1) is 12.5 Å². The van der Waals surface area contributed by atoms with E-state index in [1.54, 1.807) is 0 Å². The summed E-state index contributed by atoms with van der Waals surface area (Å²) in [5, 5.41) is 9.21. The lowest BCUT2D eigenvalue weighted by atomic mass is 9.67. The summed E-state index contributed by atoms with van der Waals surface area (Å²) in [5.74, 6) is 0.622. The standard InChI is InChI=1S/C31H47N3O3/c1-5-7-11-26(24-14-12-23(13-15-24)22-27(35)36)34-29(37)28(33-20-9-8-10-21-33)32-31(34)18-16-25(17-19-31)30(3,4)6-2/h12-15,25-26H,5-11,16-22H2,1-4H3,(H,35,36). The number of piperidine rings is 1. The molecule has 3 aliphatic rings. The maximum absolute atomic E-state index is 14.3. The third-order valence-corrected chi connectivity index (χ3v) is 9.49. The van der Waals surface area contributed by atoms with Crippen LogP contribution < -0.4 is 0 Å². The molecule has 1 saturated carbocycles. The summed E-state index contributed by atoms with van der Waals surface area (Å²) >= 11 is 0. The predicted molar refractivity (Wildman–Crippen MR) is 149 cm³/mol. The summed E-state index contributed by atoms with van der Waals surface area (Å²) in [6.45, 7) is 11.1. The van der Waals surface area contributed by atoms with Crippen LogP contribution in [0.15, 0.2) is 29.3 Å². The molecule has 204 valence electrons. The van der Waals surface area contributed by atoms with Crippen molar-refractivity contribution < 1.29 is 14.7 Å². The smallest absolute Gasteiger partial charge is 0.307 e. The molecule has 1 aromatic carbocycles. The number of benzene rings is 1. The van der Waals surface area contributed by atoms with Gasteiger partial charge in [-0.15, -0.1) is 0 Å². The van der Waals surface area contributed by atoms with Crippen molar-refractivity contribution in [2.45, 2.75) is 116 Å². The maximum Gasteiger partial charge on any atom is 0.307 e. The quantitative estimate of drug-likeness (QED) is 0.407. The second-order valence-electron chi connectivity index (χ2n) is 12.2. The summed E-state index contributed by atoms with van der Waals surface area (Å²) in [6, 6.07) is 7.88. The van der Waals surface area contributed by atoms with Gasteiger partial charge in [-0.3, -0.25) is 9.59 Å².